The van der Waals surface area contributed by atoms with Crippen molar-refractivity contribution in [3.63, 3.8) is 0 Å². The number of benzene rings is 1. The quantitative estimate of drug-likeness (QED) is 0.280. The average molecular weight is 445 g/mol. The first-order valence-electron chi connectivity index (χ1n) is 8.29. The summed E-state index contributed by atoms with van der Waals surface area (Å²) in [6.07, 6.45) is 4.30. The maximum Gasteiger partial charge on any atom is 0.191 e. The van der Waals surface area contributed by atoms with Crippen LogP contribution >= 0.6 is 24.0 Å². The van der Waals surface area contributed by atoms with E-state index in [1.165, 1.54) is 0 Å². The van der Waals surface area contributed by atoms with E-state index in [4.69, 9.17) is 9.47 Å². The van der Waals surface area contributed by atoms with Crippen molar-refractivity contribution < 1.29 is 9.47 Å². The van der Waals surface area contributed by atoms with Crippen LogP contribution in [0.4, 0.5) is 0 Å². The van der Waals surface area contributed by atoms with Gasteiger partial charge in [-0.1, -0.05) is 30.9 Å². The Morgan fingerprint density at radius 2 is 2.25 bits per heavy atom. The molecule has 2 N–H and O–H groups in total. The van der Waals surface area contributed by atoms with Gasteiger partial charge in [0.1, 0.15) is 12.4 Å². The summed E-state index contributed by atoms with van der Waals surface area (Å²) in [7, 11) is 0. The molecule has 1 heterocycles. The summed E-state index contributed by atoms with van der Waals surface area (Å²) in [5.74, 6) is 1.66. The van der Waals surface area contributed by atoms with Crippen molar-refractivity contribution in [3.8, 4) is 5.75 Å². The Balaban J connectivity index is 0.00000288. The molecule has 1 aromatic rings. The fourth-order valence-corrected chi connectivity index (χ4v) is 2.45. The Morgan fingerprint density at radius 1 is 1.42 bits per heavy atom. The van der Waals surface area contributed by atoms with Crippen molar-refractivity contribution in [2.45, 2.75) is 32.4 Å². The molecule has 0 aromatic heterocycles. The summed E-state index contributed by atoms with van der Waals surface area (Å²) in [5.41, 5.74) is 1.06. The zero-order valence-corrected chi connectivity index (χ0v) is 16.6. The second kappa shape index (κ2) is 12.1. The van der Waals surface area contributed by atoms with Gasteiger partial charge in [-0.25, -0.2) is 4.99 Å². The minimum Gasteiger partial charge on any atom is -0.489 e. The molecule has 0 saturated carbocycles. The molecule has 0 spiro atoms. The second-order valence-electron chi connectivity index (χ2n) is 5.42. The maximum atomic E-state index is 5.67. The number of guanidine groups is 1. The van der Waals surface area contributed by atoms with E-state index >= 15 is 0 Å². The number of nitrogens with zero attached hydrogens (tertiary/aromatic N) is 1. The van der Waals surface area contributed by atoms with Crippen LogP contribution in [0.1, 0.15) is 25.3 Å². The zero-order chi connectivity index (χ0) is 16.3. The number of aliphatic imine (C=N–C) groups is 1. The van der Waals surface area contributed by atoms with Crippen LogP contribution in [0.15, 0.2) is 41.9 Å². The number of nitrogens with one attached hydrogen (secondary N) is 2. The lowest BCUT2D eigenvalue weighted by atomic mass is 10.2. The highest BCUT2D eigenvalue weighted by Gasteiger charge is 2.15. The molecule has 134 valence electrons. The van der Waals surface area contributed by atoms with Crippen LogP contribution < -0.4 is 15.4 Å². The molecule has 1 aromatic carbocycles. The molecule has 0 aliphatic carbocycles. The first-order chi connectivity index (χ1) is 11.3. The smallest absolute Gasteiger partial charge is 0.191 e. The molecule has 1 aliphatic heterocycles. The van der Waals surface area contributed by atoms with Gasteiger partial charge >= 0.3 is 0 Å². The standard InChI is InChI=1S/C18H27N3O2.HI/c1-3-11-23-17-10-6-5-8-15(17)13-20-18(19-4-2)21-14-16-9-7-12-22-16;/h3,5-6,8,10,16H,1,4,7,9,11-14H2,2H3,(H2,19,20,21);1H. The summed E-state index contributed by atoms with van der Waals surface area (Å²) in [6, 6.07) is 7.96. The van der Waals surface area contributed by atoms with Crippen molar-refractivity contribution in [2.75, 3.05) is 26.3 Å². The lowest BCUT2D eigenvalue weighted by molar-refractivity contribution is 0.114. The normalized spacial score (nSPS) is 17.0. The SMILES string of the molecule is C=CCOc1ccccc1CN=C(NCC)NCC1CCCO1.I. The van der Waals surface area contributed by atoms with Crippen molar-refractivity contribution in [1.29, 1.82) is 0 Å². The van der Waals surface area contributed by atoms with Crippen LogP contribution in [0.2, 0.25) is 0 Å². The van der Waals surface area contributed by atoms with Crippen molar-refractivity contribution in [1.82, 2.24) is 10.6 Å². The monoisotopic (exact) mass is 445 g/mol. The molecule has 0 amide bonds. The molecule has 5 nitrogen and oxygen atoms in total. The lowest BCUT2D eigenvalue weighted by Gasteiger charge is -2.15. The van der Waals surface area contributed by atoms with Gasteiger partial charge in [-0.05, 0) is 25.8 Å². The molecule has 1 fully saturated rings. The highest BCUT2D eigenvalue weighted by molar-refractivity contribution is 14.0. The van der Waals surface area contributed by atoms with Gasteiger partial charge in [0.25, 0.3) is 0 Å². The minimum atomic E-state index is 0. The molecule has 1 aliphatic rings. The number of rotatable bonds is 8. The summed E-state index contributed by atoms with van der Waals surface area (Å²) in [5, 5.41) is 6.62. The number of para-hydroxylation sites is 1. The fraction of sp³-hybridized carbons (Fsp3) is 0.500. The van der Waals surface area contributed by atoms with E-state index in [0.29, 0.717) is 19.3 Å². The Morgan fingerprint density at radius 3 is 2.96 bits per heavy atom. The van der Waals surface area contributed by atoms with Gasteiger partial charge in [0.15, 0.2) is 5.96 Å². The topological polar surface area (TPSA) is 54.9 Å². The van der Waals surface area contributed by atoms with Gasteiger partial charge in [0.05, 0.1) is 12.6 Å². The third-order valence-corrected chi connectivity index (χ3v) is 3.60. The Hall–Kier alpha value is -1.28. The number of hydrogen-bond acceptors (Lipinski definition) is 3. The second-order valence-corrected chi connectivity index (χ2v) is 5.42. The van der Waals surface area contributed by atoms with Gasteiger partial charge in [-0.3, -0.25) is 0 Å². The minimum absolute atomic E-state index is 0. The van der Waals surface area contributed by atoms with Gasteiger partial charge in [-0.2, -0.15) is 0 Å². The third-order valence-electron chi connectivity index (χ3n) is 3.60. The highest BCUT2D eigenvalue weighted by atomic mass is 127. The van der Waals surface area contributed by atoms with Crippen molar-refractivity contribution in [3.05, 3.63) is 42.5 Å². The molecule has 0 radical (unpaired) electrons. The molecule has 1 saturated heterocycles. The van der Waals surface area contributed by atoms with Crippen LogP contribution in [0, 0.1) is 0 Å². The van der Waals surface area contributed by atoms with Crippen LogP contribution in [0.25, 0.3) is 0 Å². The van der Waals surface area contributed by atoms with Crippen LogP contribution in [-0.2, 0) is 11.3 Å². The predicted molar refractivity (Wildman–Crippen MR) is 109 cm³/mol. The van der Waals surface area contributed by atoms with Crippen LogP contribution in [0.3, 0.4) is 0 Å². The van der Waals surface area contributed by atoms with E-state index in [9.17, 15) is 0 Å². The third kappa shape index (κ3) is 7.09. The summed E-state index contributed by atoms with van der Waals surface area (Å²) in [4.78, 5) is 4.65. The maximum absolute atomic E-state index is 5.67. The van der Waals surface area contributed by atoms with Gasteiger partial charge in [0.2, 0.25) is 0 Å². The average Bonchev–Trinajstić information content (AvgIpc) is 3.09. The Kier molecular flexibility index (Phi) is 10.5. The molecule has 6 heteroatoms. The fourth-order valence-electron chi connectivity index (χ4n) is 2.45. The first kappa shape index (κ1) is 20.8. The van der Waals surface area contributed by atoms with E-state index in [0.717, 1.165) is 49.8 Å². The first-order valence-corrected chi connectivity index (χ1v) is 8.29. The van der Waals surface area contributed by atoms with Gasteiger partial charge < -0.3 is 20.1 Å². The largest absolute Gasteiger partial charge is 0.489 e. The summed E-state index contributed by atoms with van der Waals surface area (Å²) >= 11 is 0. The molecule has 24 heavy (non-hydrogen) atoms. The zero-order valence-electron chi connectivity index (χ0n) is 14.3. The van der Waals surface area contributed by atoms with E-state index in [1.54, 1.807) is 6.08 Å². The molecule has 1 unspecified atom stereocenters. The van der Waals surface area contributed by atoms with Crippen molar-refractivity contribution in [2.24, 2.45) is 4.99 Å². The number of halogens is 1. The van der Waals surface area contributed by atoms with Crippen molar-refractivity contribution >= 4 is 29.9 Å². The van der Waals surface area contributed by atoms with E-state index in [2.05, 4.69) is 29.1 Å². The molecular weight excluding hydrogens is 417 g/mol. The van der Waals surface area contributed by atoms with Gasteiger partial charge in [-0.15, -0.1) is 24.0 Å². The Labute approximate surface area is 161 Å². The predicted octanol–water partition coefficient (Wildman–Crippen LogP) is 3.10. The molecular formula is C18H28IN3O2. The van der Waals surface area contributed by atoms with E-state index < -0.39 is 0 Å². The lowest BCUT2D eigenvalue weighted by Crippen LogP contribution is -2.41. The summed E-state index contributed by atoms with van der Waals surface area (Å²) < 4.78 is 11.3. The van der Waals surface area contributed by atoms with E-state index in [-0.39, 0.29) is 24.0 Å². The summed E-state index contributed by atoms with van der Waals surface area (Å²) in [6.45, 7) is 9.29. The molecule has 0 bridgehead atoms. The van der Waals surface area contributed by atoms with Crippen LogP contribution in [-0.4, -0.2) is 38.4 Å². The van der Waals surface area contributed by atoms with Gasteiger partial charge in [0, 0.05) is 25.3 Å². The highest BCUT2D eigenvalue weighted by Crippen LogP contribution is 2.18. The number of ether oxygens (including phenoxy) is 2. The van der Waals surface area contributed by atoms with E-state index in [1.807, 2.05) is 24.3 Å². The van der Waals surface area contributed by atoms with Crippen LogP contribution in [0.5, 0.6) is 5.75 Å². The Bertz CT molecular complexity index is 517. The number of hydrogen-bond donors (Lipinski definition) is 2. The molecule has 2 rings (SSSR count). The molecule has 1 atom stereocenters.